The predicted molar refractivity (Wildman–Crippen MR) is 88.3 cm³/mol. The fourth-order valence-electron chi connectivity index (χ4n) is 3.21. The minimum Gasteiger partial charge on any atom is -0.467 e. The molecule has 2 N–H and O–H groups in total. The number of nitrogens with one attached hydrogen (secondary N) is 1. The van der Waals surface area contributed by atoms with Gasteiger partial charge in [0.2, 0.25) is 0 Å². The van der Waals surface area contributed by atoms with Gasteiger partial charge >= 0.3 is 6.03 Å². The van der Waals surface area contributed by atoms with Gasteiger partial charge in [0.1, 0.15) is 5.76 Å². The van der Waals surface area contributed by atoms with Crippen molar-refractivity contribution in [3.05, 3.63) is 41.6 Å². The first kappa shape index (κ1) is 16.6. The molecule has 7 heteroatoms. The Labute approximate surface area is 141 Å². The number of aliphatic hydroxyl groups excluding tert-OH is 1. The van der Waals surface area contributed by atoms with Crippen LogP contribution >= 0.6 is 0 Å². The van der Waals surface area contributed by atoms with E-state index in [1.165, 1.54) is 0 Å². The van der Waals surface area contributed by atoms with E-state index in [4.69, 9.17) is 9.52 Å². The lowest BCUT2D eigenvalue weighted by Crippen LogP contribution is -2.41. The number of aliphatic hydroxyl groups is 1. The van der Waals surface area contributed by atoms with Crippen LogP contribution in [-0.4, -0.2) is 39.0 Å². The zero-order chi connectivity index (χ0) is 16.9. The van der Waals surface area contributed by atoms with Crippen LogP contribution in [0.3, 0.4) is 0 Å². The average Bonchev–Trinajstić information content (AvgIpc) is 3.23. The van der Waals surface area contributed by atoms with Crippen molar-refractivity contribution in [3.63, 3.8) is 0 Å². The molecular weight excluding hydrogens is 308 g/mol. The summed E-state index contributed by atoms with van der Waals surface area (Å²) in [5, 5.41) is 16.6. The average molecular weight is 332 g/mol. The van der Waals surface area contributed by atoms with E-state index in [-0.39, 0.29) is 18.7 Å². The number of furan rings is 1. The zero-order valence-electron chi connectivity index (χ0n) is 13.9. The molecule has 0 aliphatic heterocycles. The second-order valence-corrected chi connectivity index (χ2v) is 5.98. The van der Waals surface area contributed by atoms with Crippen LogP contribution in [0.25, 0.3) is 0 Å². The van der Waals surface area contributed by atoms with Crippen LogP contribution in [0.15, 0.2) is 29.0 Å². The summed E-state index contributed by atoms with van der Waals surface area (Å²) in [6.45, 7) is 3.58. The topological polar surface area (TPSA) is 83.5 Å². The molecule has 1 aliphatic carbocycles. The summed E-state index contributed by atoms with van der Waals surface area (Å²) in [7, 11) is 0. The molecule has 7 nitrogen and oxygen atoms in total. The number of carbonyl (C=O) groups excluding carboxylic acids is 1. The highest BCUT2D eigenvalue weighted by Crippen LogP contribution is 2.29. The van der Waals surface area contributed by atoms with E-state index in [0.717, 1.165) is 36.3 Å². The number of amides is 2. The van der Waals surface area contributed by atoms with E-state index >= 15 is 0 Å². The Hall–Kier alpha value is -2.28. The van der Waals surface area contributed by atoms with Crippen LogP contribution in [0, 0.1) is 0 Å². The second-order valence-electron chi connectivity index (χ2n) is 5.98. The molecule has 1 aliphatic rings. The molecule has 0 aromatic carbocycles. The van der Waals surface area contributed by atoms with Crippen molar-refractivity contribution in [2.75, 3.05) is 13.2 Å². The van der Waals surface area contributed by atoms with E-state index in [9.17, 15) is 4.79 Å². The fourth-order valence-corrected chi connectivity index (χ4v) is 3.21. The summed E-state index contributed by atoms with van der Waals surface area (Å²) < 4.78 is 7.18. The number of rotatable bonds is 6. The van der Waals surface area contributed by atoms with E-state index in [0.29, 0.717) is 19.6 Å². The van der Waals surface area contributed by atoms with E-state index in [1.54, 1.807) is 11.2 Å². The maximum absolute atomic E-state index is 12.6. The van der Waals surface area contributed by atoms with Crippen LogP contribution in [-0.2, 0) is 19.5 Å². The smallest absolute Gasteiger partial charge is 0.318 e. The Morgan fingerprint density at radius 1 is 1.58 bits per heavy atom. The van der Waals surface area contributed by atoms with Crippen molar-refractivity contribution in [1.29, 1.82) is 0 Å². The van der Waals surface area contributed by atoms with Gasteiger partial charge in [0.05, 0.1) is 38.2 Å². The third-order valence-corrected chi connectivity index (χ3v) is 4.47. The maximum atomic E-state index is 12.6. The molecule has 0 fully saturated rings. The lowest BCUT2D eigenvalue weighted by Gasteiger charge is -2.28. The van der Waals surface area contributed by atoms with Crippen molar-refractivity contribution in [2.24, 2.45) is 0 Å². The van der Waals surface area contributed by atoms with Crippen LogP contribution < -0.4 is 5.32 Å². The minimum absolute atomic E-state index is 0.0284. The number of fused-ring (bicyclic) bond motifs is 1. The zero-order valence-corrected chi connectivity index (χ0v) is 13.9. The molecule has 0 saturated heterocycles. The summed E-state index contributed by atoms with van der Waals surface area (Å²) in [4.78, 5) is 14.3. The molecule has 0 bridgehead atoms. The van der Waals surface area contributed by atoms with Crippen molar-refractivity contribution in [2.45, 2.75) is 45.3 Å². The highest BCUT2D eigenvalue weighted by atomic mass is 16.3. The molecular formula is C17H24N4O3. The summed E-state index contributed by atoms with van der Waals surface area (Å²) in [6, 6.07) is 3.57. The Morgan fingerprint density at radius 3 is 3.17 bits per heavy atom. The molecule has 2 heterocycles. The van der Waals surface area contributed by atoms with Crippen LogP contribution in [0.2, 0.25) is 0 Å². The monoisotopic (exact) mass is 332 g/mol. The molecule has 24 heavy (non-hydrogen) atoms. The molecule has 2 amide bonds. The van der Waals surface area contributed by atoms with E-state index in [1.807, 2.05) is 29.9 Å². The highest BCUT2D eigenvalue weighted by molar-refractivity contribution is 5.74. The van der Waals surface area contributed by atoms with Gasteiger partial charge in [-0.15, -0.1) is 0 Å². The molecule has 2 aromatic heterocycles. The van der Waals surface area contributed by atoms with Crippen molar-refractivity contribution in [3.8, 4) is 0 Å². The number of urea groups is 1. The van der Waals surface area contributed by atoms with Crippen LogP contribution in [0.4, 0.5) is 4.79 Å². The number of nitrogens with zero attached hydrogens (tertiary/aromatic N) is 3. The van der Waals surface area contributed by atoms with Crippen LogP contribution in [0.1, 0.15) is 42.8 Å². The molecule has 130 valence electrons. The van der Waals surface area contributed by atoms with Gasteiger partial charge in [-0.25, -0.2) is 4.79 Å². The summed E-state index contributed by atoms with van der Waals surface area (Å²) >= 11 is 0. The van der Waals surface area contributed by atoms with Gasteiger partial charge in [-0.05, 0) is 38.3 Å². The number of aromatic nitrogens is 2. The third-order valence-electron chi connectivity index (χ3n) is 4.47. The number of carbonyl (C=O) groups is 1. The Bertz CT molecular complexity index is 665. The summed E-state index contributed by atoms with van der Waals surface area (Å²) in [6.07, 6.45) is 6.27. The van der Waals surface area contributed by atoms with Crippen molar-refractivity contribution < 1.29 is 14.3 Å². The highest BCUT2D eigenvalue weighted by Gasteiger charge is 2.27. The normalized spacial score (nSPS) is 16.7. The minimum atomic E-state index is -0.0957. The first-order valence-corrected chi connectivity index (χ1v) is 8.46. The van der Waals surface area contributed by atoms with Crippen molar-refractivity contribution in [1.82, 2.24) is 20.0 Å². The lowest BCUT2D eigenvalue weighted by atomic mass is 9.93. The van der Waals surface area contributed by atoms with Gasteiger partial charge in [0, 0.05) is 17.8 Å². The quantitative estimate of drug-likeness (QED) is 0.848. The molecule has 0 spiro atoms. The third kappa shape index (κ3) is 3.46. The Morgan fingerprint density at radius 2 is 2.46 bits per heavy atom. The SMILES string of the molecule is CCN(Cc1ccco1)C(=O)NC1CCCc2c1cnn2CCO. The number of hydrogen-bond acceptors (Lipinski definition) is 4. The predicted octanol–water partition coefficient (Wildman–Crippen LogP) is 2.08. The van der Waals surface area contributed by atoms with Gasteiger partial charge in [-0.1, -0.05) is 0 Å². The second kappa shape index (κ2) is 7.53. The molecule has 1 atom stereocenters. The van der Waals surface area contributed by atoms with Gasteiger partial charge in [0.25, 0.3) is 0 Å². The van der Waals surface area contributed by atoms with E-state index in [2.05, 4.69) is 10.4 Å². The number of hydrogen-bond donors (Lipinski definition) is 2. The maximum Gasteiger partial charge on any atom is 0.318 e. The van der Waals surface area contributed by atoms with Gasteiger partial charge in [-0.3, -0.25) is 4.68 Å². The van der Waals surface area contributed by atoms with Crippen LogP contribution in [0.5, 0.6) is 0 Å². The van der Waals surface area contributed by atoms with Gasteiger partial charge in [-0.2, -0.15) is 5.10 Å². The Balaban J connectivity index is 1.68. The molecule has 3 rings (SSSR count). The lowest BCUT2D eigenvalue weighted by molar-refractivity contribution is 0.188. The summed E-state index contributed by atoms with van der Waals surface area (Å²) in [5.41, 5.74) is 2.19. The molecule has 1 unspecified atom stereocenters. The first-order chi connectivity index (χ1) is 11.7. The molecule has 0 radical (unpaired) electrons. The first-order valence-electron chi connectivity index (χ1n) is 8.46. The standard InChI is InChI=1S/C17H24N4O3/c1-2-20(12-13-5-4-10-24-13)17(23)19-15-6-3-7-16-14(15)11-18-21(16)8-9-22/h4-5,10-11,15,22H,2-3,6-9,12H2,1H3,(H,19,23). The largest absolute Gasteiger partial charge is 0.467 e. The van der Waals surface area contributed by atoms with Crippen molar-refractivity contribution >= 4 is 6.03 Å². The molecule has 2 aromatic rings. The van der Waals surface area contributed by atoms with Gasteiger partial charge < -0.3 is 19.7 Å². The Kier molecular flexibility index (Phi) is 5.20. The van der Waals surface area contributed by atoms with E-state index < -0.39 is 0 Å². The molecule has 0 saturated carbocycles. The summed E-state index contributed by atoms with van der Waals surface area (Å²) in [5.74, 6) is 0.770. The van der Waals surface area contributed by atoms with Gasteiger partial charge in [0.15, 0.2) is 0 Å². The fraction of sp³-hybridized carbons (Fsp3) is 0.529.